The van der Waals surface area contributed by atoms with Gasteiger partial charge in [-0.3, -0.25) is 0 Å². The van der Waals surface area contributed by atoms with Crippen molar-refractivity contribution in [3.63, 3.8) is 0 Å². The van der Waals surface area contributed by atoms with Crippen LogP contribution in [0.2, 0.25) is 0 Å². The molecule has 288 valence electrons. The molecule has 0 N–H and O–H groups in total. The van der Waals surface area contributed by atoms with E-state index < -0.39 is 0 Å². The monoisotopic (exact) mass is 763 g/mol. The van der Waals surface area contributed by atoms with Crippen LogP contribution in [0.1, 0.15) is 96.9 Å². The number of hydrogen-bond acceptors (Lipinski definition) is 2. The van der Waals surface area contributed by atoms with E-state index in [4.69, 9.17) is 0 Å². The summed E-state index contributed by atoms with van der Waals surface area (Å²) in [7, 11) is 0. The summed E-state index contributed by atoms with van der Waals surface area (Å²) < 4.78 is 2.59. The summed E-state index contributed by atoms with van der Waals surface area (Å²) in [6, 6.07) is 51.8. The Hall–Kier alpha value is -6.32. The summed E-state index contributed by atoms with van der Waals surface area (Å²) in [6.07, 6.45) is 15.9. The average molecular weight is 764 g/mol. The Morgan fingerprint density at radius 3 is 2.00 bits per heavy atom. The molecule has 0 bridgehead atoms. The third-order valence-corrected chi connectivity index (χ3v) is 14.6. The molecule has 1 aliphatic heterocycles. The van der Waals surface area contributed by atoms with Crippen LogP contribution in [0.5, 0.6) is 0 Å². The quantitative estimate of drug-likeness (QED) is 0.162. The van der Waals surface area contributed by atoms with Crippen LogP contribution in [0.15, 0.2) is 164 Å². The van der Waals surface area contributed by atoms with E-state index in [9.17, 15) is 0 Å². The van der Waals surface area contributed by atoms with Crippen LogP contribution in [0.25, 0.3) is 28.7 Å². The Kier molecular flexibility index (Phi) is 7.55. The summed E-state index contributed by atoms with van der Waals surface area (Å²) >= 11 is 0. The van der Waals surface area contributed by atoms with Crippen molar-refractivity contribution >= 4 is 51.5 Å². The van der Waals surface area contributed by atoms with Crippen molar-refractivity contribution in [1.82, 2.24) is 4.57 Å². The lowest BCUT2D eigenvalue weighted by Gasteiger charge is -2.46. The van der Waals surface area contributed by atoms with Crippen molar-refractivity contribution < 1.29 is 0 Å². The predicted molar refractivity (Wildman–Crippen MR) is 247 cm³/mol. The minimum atomic E-state index is -0.289. The number of allylic oxidation sites excluding steroid dienone is 3. The third kappa shape index (κ3) is 4.82. The lowest BCUT2D eigenvalue weighted by atomic mass is 9.63. The largest absolute Gasteiger partial charge is 0.331 e. The van der Waals surface area contributed by atoms with Crippen molar-refractivity contribution in [2.75, 3.05) is 9.80 Å². The van der Waals surface area contributed by atoms with Crippen LogP contribution < -0.4 is 9.80 Å². The first-order chi connectivity index (χ1) is 28.9. The Labute approximate surface area is 348 Å². The molecule has 0 saturated heterocycles. The Balaban J connectivity index is 1.17. The lowest BCUT2D eigenvalue weighted by Crippen LogP contribution is -2.46. The van der Waals surface area contributed by atoms with Gasteiger partial charge in [0.25, 0.3) is 0 Å². The molecule has 6 aromatic carbocycles. The number of aromatic nitrogens is 1. The Morgan fingerprint density at radius 1 is 0.610 bits per heavy atom. The second kappa shape index (κ2) is 12.8. The molecule has 1 aromatic heterocycles. The second-order valence-corrected chi connectivity index (χ2v) is 18.0. The van der Waals surface area contributed by atoms with Gasteiger partial charge in [-0.15, -0.1) is 0 Å². The molecule has 5 aliphatic rings. The highest BCUT2D eigenvalue weighted by atomic mass is 15.2. The van der Waals surface area contributed by atoms with Crippen molar-refractivity contribution in [2.45, 2.75) is 63.3 Å². The Bertz CT molecular complexity index is 2840. The maximum Gasteiger partial charge on any atom is 0.0680 e. The molecule has 7 atom stereocenters. The van der Waals surface area contributed by atoms with Gasteiger partial charge >= 0.3 is 0 Å². The van der Waals surface area contributed by atoms with Crippen molar-refractivity contribution in [3.05, 3.63) is 203 Å². The predicted octanol–water partition coefficient (Wildman–Crippen LogP) is 14.7. The molecule has 12 rings (SSSR count). The molecule has 0 radical (unpaired) electrons. The molecule has 3 nitrogen and oxygen atoms in total. The molecular formula is C56H49N3. The fourth-order valence-electron chi connectivity index (χ4n) is 12.2. The summed E-state index contributed by atoms with van der Waals surface area (Å²) in [6.45, 7) is 9.94. The number of para-hydroxylation sites is 3. The van der Waals surface area contributed by atoms with E-state index in [1.807, 2.05) is 0 Å². The van der Waals surface area contributed by atoms with Crippen LogP contribution in [0.3, 0.4) is 0 Å². The van der Waals surface area contributed by atoms with Crippen molar-refractivity contribution in [2.24, 2.45) is 11.8 Å². The van der Waals surface area contributed by atoms with Gasteiger partial charge in [0.1, 0.15) is 0 Å². The minimum Gasteiger partial charge on any atom is -0.331 e. The van der Waals surface area contributed by atoms with Crippen molar-refractivity contribution in [1.29, 1.82) is 0 Å². The molecule has 3 heteroatoms. The van der Waals surface area contributed by atoms with Gasteiger partial charge in [0.15, 0.2) is 0 Å². The molecular weight excluding hydrogens is 715 g/mol. The van der Waals surface area contributed by atoms with E-state index in [1.165, 1.54) is 44.8 Å². The van der Waals surface area contributed by atoms with Crippen LogP contribution in [0, 0.1) is 11.8 Å². The smallest absolute Gasteiger partial charge is 0.0680 e. The zero-order valence-electron chi connectivity index (χ0n) is 34.3. The van der Waals surface area contributed by atoms with Crippen LogP contribution >= 0.6 is 0 Å². The summed E-state index contributed by atoms with van der Waals surface area (Å²) in [5, 5.41) is 1.50. The maximum absolute atomic E-state index is 2.74. The first-order valence-electron chi connectivity index (χ1n) is 21.7. The number of anilines is 5. The number of hydrogen-bond donors (Lipinski definition) is 0. The average Bonchev–Trinajstić information content (AvgIpc) is 3.68. The number of rotatable bonds is 5. The number of fused-ring (bicyclic) bond motifs is 6. The fourth-order valence-corrected chi connectivity index (χ4v) is 12.2. The standard InChI is InChI=1S/C56H49N3/c1-35-16-14-25-45-49(35)52-46(58(45)41-22-12-7-13-23-41)34-47-53-54(52)50-36(2)26-27-38-17-15-24-44(51(38)50)48-37(3)32-33-56(4,55(48)53)59(47)43-30-28-42(29-31-43)57(39-18-8-5-9-19-39)40-20-10-6-11-21-40/h5-15,17-37,48,50,55H,16H2,1-4H3. The van der Waals surface area contributed by atoms with Crippen LogP contribution in [0.4, 0.5) is 28.4 Å². The molecule has 0 spiro atoms. The van der Waals surface area contributed by atoms with Gasteiger partial charge in [0.2, 0.25) is 0 Å². The first-order valence-corrected chi connectivity index (χ1v) is 21.7. The van der Waals surface area contributed by atoms with Crippen LogP contribution in [-0.2, 0) is 0 Å². The fraction of sp³-hybridized carbons (Fsp3) is 0.214. The summed E-state index contributed by atoms with van der Waals surface area (Å²) in [5.74, 6) is 2.04. The van der Waals surface area contributed by atoms with Gasteiger partial charge in [0.05, 0.1) is 11.1 Å². The third-order valence-electron chi connectivity index (χ3n) is 14.6. The second-order valence-electron chi connectivity index (χ2n) is 18.0. The molecule has 0 saturated carbocycles. The highest BCUT2D eigenvalue weighted by Crippen LogP contribution is 2.67. The molecule has 7 aromatic rings. The summed E-state index contributed by atoms with van der Waals surface area (Å²) in [4.78, 5) is 5.10. The normalized spacial score (nSPS) is 25.4. The van der Waals surface area contributed by atoms with Gasteiger partial charge in [-0.05, 0) is 143 Å². The van der Waals surface area contributed by atoms with E-state index in [1.54, 1.807) is 22.3 Å². The van der Waals surface area contributed by atoms with E-state index in [2.05, 4.69) is 218 Å². The lowest BCUT2D eigenvalue weighted by molar-refractivity contribution is 0.343. The highest BCUT2D eigenvalue weighted by Gasteiger charge is 2.58. The highest BCUT2D eigenvalue weighted by molar-refractivity contribution is 6.01. The summed E-state index contributed by atoms with van der Waals surface area (Å²) in [5.41, 5.74) is 18.8. The maximum atomic E-state index is 2.74. The zero-order valence-corrected chi connectivity index (χ0v) is 34.3. The van der Waals surface area contributed by atoms with E-state index in [-0.39, 0.29) is 17.4 Å². The molecule has 4 aliphatic carbocycles. The van der Waals surface area contributed by atoms with E-state index in [0.29, 0.717) is 23.7 Å². The van der Waals surface area contributed by atoms with Crippen molar-refractivity contribution in [3.8, 4) is 5.69 Å². The zero-order chi connectivity index (χ0) is 39.6. The van der Waals surface area contributed by atoms with Gasteiger partial charge in [-0.25, -0.2) is 0 Å². The van der Waals surface area contributed by atoms with E-state index in [0.717, 1.165) is 23.5 Å². The molecule has 7 unspecified atom stereocenters. The van der Waals surface area contributed by atoms with E-state index >= 15 is 0 Å². The Morgan fingerprint density at radius 2 is 1.29 bits per heavy atom. The molecule has 2 heterocycles. The van der Waals surface area contributed by atoms with Gasteiger partial charge in [-0.1, -0.05) is 124 Å². The molecule has 0 amide bonds. The minimum absolute atomic E-state index is 0.257. The first kappa shape index (κ1) is 34.7. The van der Waals surface area contributed by atoms with Gasteiger partial charge in [0, 0.05) is 57.0 Å². The van der Waals surface area contributed by atoms with Gasteiger partial charge in [-0.2, -0.15) is 0 Å². The van der Waals surface area contributed by atoms with Gasteiger partial charge < -0.3 is 14.4 Å². The number of nitrogens with zero attached hydrogens (tertiary/aromatic N) is 3. The molecule has 59 heavy (non-hydrogen) atoms. The molecule has 0 fully saturated rings. The topological polar surface area (TPSA) is 11.4 Å². The SMILES string of the molecule is CC1CC=Cc2c1c1c3c4c(cc1n2-c1ccccc1)N(c1ccc(N(c2ccccc2)c2ccccc2)cc1)C1(C)C=CC(C)C(c2cccc5c2C3C(C)C=C5)C41. The van der Waals surface area contributed by atoms with Crippen LogP contribution in [-0.4, -0.2) is 10.1 Å². The number of benzene rings is 6.